The summed E-state index contributed by atoms with van der Waals surface area (Å²) >= 11 is 5.86. The maximum atomic E-state index is 8.56. The highest BCUT2D eigenvalue weighted by atomic mass is 32.2. The number of thioether (sulfide) groups is 3. The molecule has 2 nitrogen and oxygen atoms in total. The van der Waals surface area contributed by atoms with E-state index in [4.69, 9.17) is 5.26 Å². The molecule has 17 heavy (non-hydrogen) atoms. The molecular formula is C12H18N2S3. The van der Waals surface area contributed by atoms with E-state index in [-0.39, 0.29) is 0 Å². The molecule has 2 rings (SSSR count). The van der Waals surface area contributed by atoms with Crippen LogP contribution in [0.15, 0.2) is 9.14 Å². The number of hydrogen-bond acceptors (Lipinski definition) is 5. The number of hydrogen-bond donors (Lipinski definition) is 0. The number of piperidine rings is 1. The Morgan fingerprint density at radius 1 is 1.35 bits per heavy atom. The third kappa shape index (κ3) is 3.85. The van der Waals surface area contributed by atoms with Crippen molar-refractivity contribution < 1.29 is 0 Å². The first-order chi connectivity index (χ1) is 8.31. The zero-order chi connectivity index (χ0) is 12.1. The highest BCUT2D eigenvalue weighted by molar-refractivity contribution is 8.32. The minimum Gasteiger partial charge on any atom is -0.283 e. The molecule has 2 aliphatic rings. The molecule has 2 aliphatic heterocycles. The van der Waals surface area contributed by atoms with Gasteiger partial charge < -0.3 is 0 Å². The molecule has 0 amide bonds. The van der Waals surface area contributed by atoms with Crippen LogP contribution in [0.4, 0.5) is 0 Å². The molecule has 0 aromatic rings. The molecule has 1 unspecified atom stereocenters. The van der Waals surface area contributed by atoms with Gasteiger partial charge in [-0.2, -0.15) is 5.26 Å². The standard InChI is InChI=1S/C12H18N2S3/c1-10-11(15-9-5-6-13)17-12(16-10)14-7-3-2-4-8-14/h12H,2-5,7-9H2,1H3. The van der Waals surface area contributed by atoms with E-state index in [0.717, 1.165) is 5.75 Å². The predicted octanol–water partition coefficient (Wildman–Crippen LogP) is 4.07. The molecule has 0 aromatic carbocycles. The van der Waals surface area contributed by atoms with E-state index in [0.29, 0.717) is 11.1 Å². The molecule has 1 fully saturated rings. The zero-order valence-corrected chi connectivity index (χ0v) is 12.6. The molecule has 0 saturated carbocycles. The summed E-state index contributed by atoms with van der Waals surface area (Å²) in [6, 6.07) is 2.21. The largest absolute Gasteiger partial charge is 0.283 e. The van der Waals surface area contributed by atoms with Crippen LogP contribution in [-0.2, 0) is 0 Å². The number of likely N-dealkylation sites (tertiary alicyclic amines) is 1. The van der Waals surface area contributed by atoms with E-state index in [1.807, 2.05) is 35.3 Å². The molecule has 94 valence electrons. The molecule has 0 bridgehead atoms. The van der Waals surface area contributed by atoms with Crippen LogP contribution in [0, 0.1) is 11.3 Å². The van der Waals surface area contributed by atoms with E-state index in [1.54, 1.807) is 0 Å². The summed E-state index contributed by atoms with van der Waals surface area (Å²) in [5.41, 5.74) is 0. The van der Waals surface area contributed by atoms with E-state index in [9.17, 15) is 0 Å². The van der Waals surface area contributed by atoms with Gasteiger partial charge in [-0.25, -0.2) is 0 Å². The van der Waals surface area contributed by atoms with Gasteiger partial charge in [0.1, 0.15) is 4.71 Å². The Bertz CT molecular complexity index is 329. The summed E-state index contributed by atoms with van der Waals surface area (Å²) in [7, 11) is 0. The predicted molar refractivity (Wildman–Crippen MR) is 79.8 cm³/mol. The summed E-state index contributed by atoms with van der Waals surface area (Å²) in [6.45, 7) is 4.73. The molecule has 5 heteroatoms. The van der Waals surface area contributed by atoms with Gasteiger partial charge in [-0.15, -0.1) is 11.8 Å². The minimum absolute atomic E-state index is 0.597. The molecule has 0 spiro atoms. The zero-order valence-electron chi connectivity index (χ0n) is 10.1. The van der Waals surface area contributed by atoms with Crippen molar-refractivity contribution in [2.24, 2.45) is 0 Å². The number of rotatable bonds is 4. The first-order valence-corrected chi connectivity index (χ1v) is 8.84. The van der Waals surface area contributed by atoms with Crippen LogP contribution < -0.4 is 0 Å². The van der Waals surface area contributed by atoms with Crippen LogP contribution in [0.3, 0.4) is 0 Å². The van der Waals surface area contributed by atoms with Gasteiger partial charge in [0, 0.05) is 30.2 Å². The van der Waals surface area contributed by atoms with Gasteiger partial charge in [-0.05, 0) is 19.8 Å². The monoisotopic (exact) mass is 286 g/mol. The third-order valence-corrected chi connectivity index (χ3v) is 7.44. The Balaban J connectivity index is 1.81. The van der Waals surface area contributed by atoms with Crippen molar-refractivity contribution in [1.29, 1.82) is 5.26 Å². The van der Waals surface area contributed by atoms with Crippen LogP contribution in [-0.4, -0.2) is 28.4 Å². The second-order valence-electron chi connectivity index (χ2n) is 4.24. The summed E-state index contributed by atoms with van der Waals surface area (Å²) < 4.78 is 2.04. The fourth-order valence-electron chi connectivity index (χ4n) is 2.00. The van der Waals surface area contributed by atoms with Crippen LogP contribution in [0.1, 0.15) is 32.6 Å². The molecule has 0 N–H and O–H groups in total. The van der Waals surface area contributed by atoms with Crippen LogP contribution >= 0.6 is 35.3 Å². The molecule has 1 saturated heterocycles. The van der Waals surface area contributed by atoms with Crippen LogP contribution in [0.5, 0.6) is 0 Å². The molecule has 0 aromatic heterocycles. The van der Waals surface area contributed by atoms with Gasteiger partial charge in [0.2, 0.25) is 0 Å². The van der Waals surface area contributed by atoms with Gasteiger partial charge in [0.15, 0.2) is 0 Å². The van der Waals surface area contributed by atoms with E-state index in [1.165, 1.54) is 41.5 Å². The Hall–Kier alpha value is 0.240. The minimum atomic E-state index is 0.597. The number of allylic oxidation sites excluding steroid dienone is 1. The van der Waals surface area contributed by atoms with Gasteiger partial charge in [-0.1, -0.05) is 29.9 Å². The average Bonchev–Trinajstić information content (AvgIpc) is 2.73. The van der Waals surface area contributed by atoms with Crippen LogP contribution in [0.25, 0.3) is 0 Å². The van der Waals surface area contributed by atoms with Crippen molar-refractivity contribution in [2.75, 3.05) is 18.8 Å². The van der Waals surface area contributed by atoms with Gasteiger partial charge in [0.25, 0.3) is 0 Å². The second-order valence-corrected chi connectivity index (χ2v) is 8.29. The first kappa shape index (κ1) is 13.7. The fourth-order valence-corrected chi connectivity index (χ4v) is 6.55. The maximum Gasteiger partial charge on any atom is 0.112 e. The Morgan fingerprint density at radius 3 is 2.82 bits per heavy atom. The lowest BCUT2D eigenvalue weighted by atomic mass is 10.1. The molecule has 0 aliphatic carbocycles. The smallest absolute Gasteiger partial charge is 0.112 e. The van der Waals surface area contributed by atoms with E-state index < -0.39 is 0 Å². The van der Waals surface area contributed by atoms with Crippen molar-refractivity contribution in [3.63, 3.8) is 0 Å². The van der Waals surface area contributed by atoms with Crippen molar-refractivity contribution in [3.05, 3.63) is 9.14 Å². The lowest BCUT2D eigenvalue weighted by Gasteiger charge is -2.31. The van der Waals surface area contributed by atoms with Crippen molar-refractivity contribution in [3.8, 4) is 6.07 Å². The topological polar surface area (TPSA) is 27.0 Å². The molecular weight excluding hydrogens is 268 g/mol. The van der Waals surface area contributed by atoms with Crippen molar-refractivity contribution in [2.45, 2.75) is 37.3 Å². The van der Waals surface area contributed by atoms with Gasteiger partial charge in [0.05, 0.1) is 10.3 Å². The Kier molecular flexibility index (Phi) is 5.61. The van der Waals surface area contributed by atoms with E-state index in [2.05, 4.69) is 17.9 Å². The van der Waals surface area contributed by atoms with Gasteiger partial charge >= 0.3 is 0 Å². The third-order valence-electron chi connectivity index (χ3n) is 2.91. The number of nitriles is 1. The van der Waals surface area contributed by atoms with Crippen molar-refractivity contribution >= 4 is 35.3 Å². The average molecular weight is 286 g/mol. The normalized spacial score (nSPS) is 26.2. The first-order valence-electron chi connectivity index (χ1n) is 6.09. The summed E-state index contributed by atoms with van der Waals surface area (Å²) in [5, 5.41) is 8.56. The second kappa shape index (κ2) is 6.98. The summed E-state index contributed by atoms with van der Waals surface area (Å²) in [6.07, 6.45) is 4.76. The summed E-state index contributed by atoms with van der Waals surface area (Å²) in [4.78, 5) is 4.06. The fraction of sp³-hybridized carbons (Fsp3) is 0.750. The molecule has 2 heterocycles. The highest BCUT2D eigenvalue weighted by Crippen LogP contribution is 2.51. The van der Waals surface area contributed by atoms with Gasteiger partial charge in [-0.3, -0.25) is 4.90 Å². The quantitative estimate of drug-likeness (QED) is 0.726. The highest BCUT2D eigenvalue weighted by Gasteiger charge is 2.29. The molecule has 0 radical (unpaired) electrons. The van der Waals surface area contributed by atoms with Crippen LogP contribution in [0.2, 0.25) is 0 Å². The lowest BCUT2D eigenvalue weighted by molar-refractivity contribution is 0.253. The summed E-state index contributed by atoms with van der Waals surface area (Å²) in [5.74, 6) is 0.934. The van der Waals surface area contributed by atoms with Crippen molar-refractivity contribution in [1.82, 2.24) is 4.90 Å². The Morgan fingerprint density at radius 2 is 2.12 bits per heavy atom. The molecule has 1 atom stereocenters. The SMILES string of the molecule is CC1=C(SCCC#N)SC(N2CCCCC2)S1. The maximum absolute atomic E-state index is 8.56. The Labute approximate surface area is 117 Å². The van der Waals surface area contributed by atoms with E-state index >= 15 is 0 Å². The lowest BCUT2D eigenvalue weighted by Crippen LogP contribution is -2.34. The number of nitrogens with zero attached hydrogens (tertiary/aromatic N) is 2.